The Morgan fingerprint density at radius 1 is 1.38 bits per heavy atom. The highest BCUT2D eigenvalue weighted by atomic mass is 79.9. The highest BCUT2D eigenvalue weighted by Gasteiger charge is 2.43. The second-order valence-corrected chi connectivity index (χ2v) is 6.42. The van der Waals surface area contributed by atoms with Crippen LogP contribution in [-0.4, -0.2) is 16.7 Å². The Morgan fingerprint density at radius 3 is 2.71 bits per heavy atom. The zero-order valence-electron chi connectivity index (χ0n) is 12.5. The monoisotopic (exact) mass is 393 g/mol. The summed E-state index contributed by atoms with van der Waals surface area (Å²) in [5.74, 6) is -2.72. The van der Waals surface area contributed by atoms with E-state index in [9.17, 15) is 18.4 Å². The molecular weight excluding hydrogens is 382 g/mol. The minimum Gasteiger partial charge on any atom is -0.368 e. The molecule has 3 rings (SSSR count). The van der Waals surface area contributed by atoms with E-state index in [0.29, 0.717) is 10.0 Å². The van der Waals surface area contributed by atoms with E-state index in [1.807, 2.05) is 0 Å². The molecule has 2 aromatic carbocycles. The average Bonchev–Trinajstić information content (AvgIpc) is 2.79. The van der Waals surface area contributed by atoms with Crippen LogP contribution in [0.5, 0.6) is 0 Å². The highest BCUT2D eigenvalue weighted by Crippen LogP contribution is 2.40. The van der Waals surface area contributed by atoms with Gasteiger partial charge in [0.15, 0.2) is 0 Å². The van der Waals surface area contributed by atoms with Gasteiger partial charge >= 0.3 is 0 Å². The van der Waals surface area contributed by atoms with Crippen molar-refractivity contribution in [3.8, 4) is 0 Å². The van der Waals surface area contributed by atoms with E-state index in [-0.39, 0.29) is 11.1 Å². The molecule has 4 nitrogen and oxygen atoms in total. The number of primary amides is 1. The summed E-state index contributed by atoms with van der Waals surface area (Å²) in [5, 5.41) is 0. The number of amides is 2. The van der Waals surface area contributed by atoms with Crippen LogP contribution in [0, 0.1) is 17.7 Å². The van der Waals surface area contributed by atoms with Crippen LogP contribution in [-0.2, 0) is 4.79 Å². The summed E-state index contributed by atoms with van der Waals surface area (Å²) >= 11 is 3.27. The van der Waals surface area contributed by atoms with Gasteiger partial charge in [0.25, 0.3) is 5.91 Å². The van der Waals surface area contributed by atoms with Gasteiger partial charge in [-0.25, -0.2) is 8.78 Å². The molecule has 1 radical (unpaired) electrons. The lowest BCUT2D eigenvalue weighted by atomic mass is 10.0. The molecule has 2 N–H and O–H groups in total. The molecule has 2 aromatic rings. The van der Waals surface area contributed by atoms with Crippen molar-refractivity contribution in [2.24, 2.45) is 5.73 Å². The van der Waals surface area contributed by atoms with Crippen molar-refractivity contribution in [3.05, 3.63) is 69.2 Å². The number of rotatable bonds is 3. The summed E-state index contributed by atoms with van der Waals surface area (Å²) in [6.45, 7) is 1.56. The molecule has 2 unspecified atom stereocenters. The first-order valence-corrected chi connectivity index (χ1v) is 7.88. The first-order valence-electron chi connectivity index (χ1n) is 7.09. The van der Waals surface area contributed by atoms with Crippen LogP contribution < -0.4 is 5.73 Å². The first kappa shape index (κ1) is 16.6. The molecule has 1 heterocycles. The first-order chi connectivity index (χ1) is 11.3. The lowest BCUT2D eigenvalue weighted by Gasteiger charge is -2.30. The summed E-state index contributed by atoms with van der Waals surface area (Å²) in [4.78, 5) is 25.8. The van der Waals surface area contributed by atoms with Crippen molar-refractivity contribution < 1.29 is 18.4 Å². The van der Waals surface area contributed by atoms with Crippen molar-refractivity contribution in [2.75, 3.05) is 0 Å². The molecule has 7 heteroatoms. The average molecular weight is 394 g/mol. The Morgan fingerprint density at radius 2 is 2.08 bits per heavy atom. The third-order valence-electron chi connectivity index (χ3n) is 4.06. The van der Waals surface area contributed by atoms with Crippen molar-refractivity contribution in [1.29, 1.82) is 0 Å². The van der Waals surface area contributed by atoms with Crippen LogP contribution in [0.15, 0.2) is 34.8 Å². The number of nitrogens with two attached hydrogens (primary N) is 1. The van der Waals surface area contributed by atoms with Gasteiger partial charge in [-0.05, 0) is 36.8 Å². The van der Waals surface area contributed by atoms with Gasteiger partial charge in [0.1, 0.15) is 17.7 Å². The molecule has 1 aliphatic heterocycles. The van der Waals surface area contributed by atoms with Crippen molar-refractivity contribution in [2.45, 2.75) is 19.0 Å². The van der Waals surface area contributed by atoms with E-state index < -0.39 is 35.5 Å². The molecule has 0 saturated heterocycles. The van der Waals surface area contributed by atoms with Crippen molar-refractivity contribution in [3.63, 3.8) is 0 Å². The van der Waals surface area contributed by atoms with E-state index in [1.165, 1.54) is 11.0 Å². The number of hydrogen-bond donors (Lipinski definition) is 1. The van der Waals surface area contributed by atoms with Gasteiger partial charge in [-0.2, -0.15) is 0 Å². The molecule has 2 amide bonds. The topological polar surface area (TPSA) is 63.4 Å². The zero-order chi connectivity index (χ0) is 17.6. The second-order valence-electron chi connectivity index (χ2n) is 5.51. The minimum atomic E-state index is -1.04. The fourth-order valence-corrected chi connectivity index (χ4v) is 3.32. The fraction of sp³-hybridized carbons (Fsp3) is 0.176. The van der Waals surface area contributed by atoms with Gasteiger partial charge in [-0.3, -0.25) is 9.59 Å². The SMILES string of the molecule is CC(c1ccc(F)cc1F)N1C(=O)c2[c]cc(Br)cc2C1C(N)=O. The molecule has 0 saturated carbocycles. The van der Waals surface area contributed by atoms with Gasteiger partial charge in [-0.1, -0.05) is 22.0 Å². The van der Waals surface area contributed by atoms with E-state index in [1.54, 1.807) is 19.1 Å². The number of fused-ring (bicyclic) bond motifs is 1. The number of halogens is 3. The van der Waals surface area contributed by atoms with Gasteiger partial charge < -0.3 is 10.6 Å². The third kappa shape index (κ3) is 2.58. The molecule has 2 atom stereocenters. The van der Waals surface area contributed by atoms with E-state index >= 15 is 0 Å². The minimum absolute atomic E-state index is 0.0999. The molecule has 0 aliphatic carbocycles. The summed E-state index contributed by atoms with van der Waals surface area (Å²) < 4.78 is 27.9. The summed E-state index contributed by atoms with van der Waals surface area (Å²) in [5.41, 5.74) is 6.21. The molecule has 0 fully saturated rings. The maximum atomic E-state index is 14.1. The molecule has 0 spiro atoms. The predicted molar refractivity (Wildman–Crippen MR) is 85.9 cm³/mol. The lowest BCUT2D eigenvalue weighted by molar-refractivity contribution is -0.123. The number of carbonyl (C=O) groups is 2. The number of nitrogens with zero attached hydrogens (tertiary/aromatic N) is 1. The lowest BCUT2D eigenvalue weighted by Crippen LogP contribution is -2.38. The molecule has 0 aromatic heterocycles. The van der Waals surface area contributed by atoms with Gasteiger partial charge in [0.2, 0.25) is 5.91 Å². The Labute approximate surface area is 145 Å². The second kappa shape index (κ2) is 5.98. The van der Waals surface area contributed by atoms with Gasteiger partial charge in [0, 0.05) is 16.1 Å². The van der Waals surface area contributed by atoms with E-state index in [0.717, 1.165) is 12.1 Å². The normalized spacial score (nSPS) is 17.8. The highest BCUT2D eigenvalue weighted by molar-refractivity contribution is 9.10. The number of hydrogen-bond acceptors (Lipinski definition) is 2. The number of carbonyl (C=O) groups excluding carboxylic acids is 2. The maximum absolute atomic E-state index is 14.1. The van der Waals surface area contributed by atoms with Gasteiger partial charge in [0.05, 0.1) is 11.6 Å². The Hall–Kier alpha value is -2.28. The largest absolute Gasteiger partial charge is 0.368 e. The van der Waals surface area contributed by atoms with Crippen LogP contribution in [0.25, 0.3) is 0 Å². The smallest absolute Gasteiger partial charge is 0.256 e. The maximum Gasteiger partial charge on any atom is 0.256 e. The number of benzene rings is 2. The fourth-order valence-electron chi connectivity index (χ4n) is 2.96. The molecule has 1 aliphatic rings. The standard InChI is InChI=1S/C17H12BrF2N2O2/c1-8(11-5-3-10(19)7-14(11)20)22-15(16(21)23)13-6-9(18)2-4-12(13)17(22)24/h2-3,5-8,15H,1H3,(H2,21,23). The van der Waals surface area contributed by atoms with Crippen LogP contribution in [0.2, 0.25) is 0 Å². The molecule has 123 valence electrons. The van der Waals surface area contributed by atoms with E-state index in [2.05, 4.69) is 22.0 Å². The van der Waals surface area contributed by atoms with Crippen molar-refractivity contribution >= 4 is 27.7 Å². The summed E-state index contributed by atoms with van der Waals surface area (Å²) in [6.07, 6.45) is 0. The Balaban J connectivity index is 2.10. The molecular formula is C17H12BrF2N2O2. The third-order valence-corrected chi connectivity index (χ3v) is 4.51. The van der Waals surface area contributed by atoms with Gasteiger partial charge in [-0.15, -0.1) is 0 Å². The molecule has 24 heavy (non-hydrogen) atoms. The Kier molecular flexibility index (Phi) is 4.13. The molecule has 0 bridgehead atoms. The van der Waals surface area contributed by atoms with Crippen LogP contribution in [0.4, 0.5) is 8.78 Å². The van der Waals surface area contributed by atoms with E-state index in [4.69, 9.17) is 5.73 Å². The Bertz CT molecular complexity index is 856. The van der Waals surface area contributed by atoms with Crippen LogP contribution in [0.3, 0.4) is 0 Å². The van der Waals surface area contributed by atoms with Crippen LogP contribution in [0.1, 0.15) is 40.5 Å². The summed E-state index contributed by atoms with van der Waals surface area (Å²) in [6, 6.07) is 7.23. The zero-order valence-corrected chi connectivity index (χ0v) is 14.1. The van der Waals surface area contributed by atoms with Crippen molar-refractivity contribution in [1.82, 2.24) is 4.90 Å². The predicted octanol–water partition coefficient (Wildman–Crippen LogP) is 3.27. The quantitative estimate of drug-likeness (QED) is 0.869. The summed E-state index contributed by atoms with van der Waals surface area (Å²) in [7, 11) is 0. The van der Waals surface area contributed by atoms with Crippen LogP contribution >= 0.6 is 15.9 Å².